The lowest BCUT2D eigenvalue weighted by molar-refractivity contribution is -0.274. The van der Waals surface area contributed by atoms with E-state index in [1.54, 1.807) is 12.4 Å². The number of piperazine rings is 1. The Labute approximate surface area is 202 Å². The van der Waals surface area contributed by atoms with E-state index >= 15 is 0 Å². The molecule has 8 nitrogen and oxygen atoms in total. The first-order valence-electron chi connectivity index (χ1n) is 10.0. The van der Waals surface area contributed by atoms with Gasteiger partial charge in [0.2, 0.25) is 5.95 Å². The number of hydrogen-bond acceptors (Lipinski definition) is 6. The van der Waals surface area contributed by atoms with Crippen molar-refractivity contribution in [1.82, 2.24) is 20.2 Å². The Morgan fingerprint density at radius 1 is 1.09 bits per heavy atom. The molecule has 2 aromatic rings. The smallest absolute Gasteiger partial charge is 0.406 e. The third-order valence-electron chi connectivity index (χ3n) is 4.75. The highest BCUT2D eigenvalue weighted by Crippen LogP contribution is 2.22. The fraction of sp³-hybridized carbons (Fsp3) is 0.450. The molecule has 1 saturated heterocycles. The molecule has 32 heavy (non-hydrogen) atoms. The van der Waals surface area contributed by atoms with E-state index in [0.717, 1.165) is 50.7 Å². The molecule has 3 rings (SSSR count). The standard InChI is InChI=1S/C20H26F3N7O.HI/c21-20(22,23)31-17-5-3-16(4-6-17)15-28-18(24)25-9-2-10-29-11-13-30(14-12-29)19-26-7-1-8-27-19;/h1,3-8H,2,9-15H2,(H3,24,25,28);1H. The van der Waals surface area contributed by atoms with Gasteiger partial charge >= 0.3 is 6.36 Å². The zero-order chi connectivity index (χ0) is 22.1. The van der Waals surface area contributed by atoms with Gasteiger partial charge in [-0.25, -0.2) is 15.0 Å². The minimum absolute atomic E-state index is 0. The molecule has 0 saturated carbocycles. The summed E-state index contributed by atoms with van der Waals surface area (Å²) in [6.45, 7) is 5.61. The molecule has 1 aromatic heterocycles. The number of guanidine groups is 1. The van der Waals surface area contributed by atoms with E-state index in [9.17, 15) is 13.2 Å². The van der Waals surface area contributed by atoms with Crippen molar-refractivity contribution in [2.24, 2.45) is 10.7 Å². The van der Waals surface area contributed by atoms with Gasteiger partial charge in [-0.1, -0.05) is 12.1 Å². The molecule has 0 bridgehead atoms. The number of halogens is 4. The molecule has 0 aliphatic carbocycles. The number of ether oxygens (including phenoxy) is 1. The van der Waals surface area contributed by atoms with Crippen molar-refractivity contribution in [3.63, 3.8) is 0 Å². The quantitative estimate of drug-likeness (QED) is 0.220. The van der Waals surface area contributed by atoms with Gasteiger partial charge in [-0.3, -0.25) is 4.90 Å². The van der Waals surface area contributed by atoms with E-state index in [4.69, 9.17) is 5.73 Å². The summed E-state index contributed by atoms with van der Waals surface area (Å²) in [6, 6.07) is 7.37. The average molecular weight is 565 g/mol. The van der Waals surface area contributed by atoms with Crippen molar-refractivity contribution in [2.45, 2.75) is 19.3 Å². The fourth-order valence-corrected chi connectivity index (χ4v) is 3.17. The average Bonchev–Trinajstić information content (AvgIpc) is 2.76. The molecule has 1 fully saturated rings. The van der Waals surface area contributed by atoms with Crippen LogP contribution in [-0.2, 0) is 6.54 Å². The number of aliphatic imine (C=N–C) groups is 1. The second-order valence-electron chi connectivity index (χ2n) is 7.05. The van der Waals surface area contributed by atoms with Gasteiger partial charge < -0.3 is 20.7 Å². The summed E-state index contributed by atoms with van der Waals surface area (Å²) in [7, 11) is 0. The van der Waals surface area contributed by atoms with Crippen LogP contribution in [-0.4, -0.2) is 66.5 Å². The van der Waals surface area contributed by atoms with Crippen molar-refractivity contribution >= 4 is 35.9 Å². The molecule has 12 heteroatoms. The van der Waals surface area contributed by atoms with Gasteiger partial charge in [0.1, 0.15) is 5.75 Å². The number of nitrogens with two attached hydrogens (primary N) is 1. The van der Waals surface area contributed by atoms with Gasteiger partial charge in [0.05, 0.1) is 6.54 Å². The molecule has 0 amide bonds. The largest absolute Gasteiger partial charge is 0.573 e. The van der Waals surface area contributed by atoms with Crippen LogP contribution in [0.3, 0.4) is 0 Å². The van der Waals surface area contributed by atoms with Crippen molar-refractivity contribution in [2.75, 3.05) is 44.2 Å². The Morgan fingerprint density at radius 3 is 2.38 bits per heavy atom. The van der Waals surface area contributed by atoms with Crippen molar-refractivity contribution in [3.05, 3.63) is 48.3 Å². The molecule has 1 aliphatic rings. The number of benzene rings is 1. The minimum atomic E-state index is -4.70. The van der Waals surface area contributed by atoms with E-state index in [-0.39, 0.29) is 36.3 Å². The van der Waals surface area contributed by atoms with Crippen molar-refractivity contribution in [3.8, 4) is 5.75 Å². The predicted molar refractivity (Wildman–Crippen MR) is 127 cm³/mol. The van der Waals surface area contributed by atoms with E-state index in [0.29, 0.717) is 12.5 Å². The number of alkyl halides is 3. The maximum Gasteiger partial charge on any atom is 0.573 e. The van der Waals surface area contributed by atoms with Crippen molar-refractivity contribution in [1.29, 1.82) is 0 Å². The van der Waals surface area contributed by atoms with Crippen LogP contribution in [0.5, 0.6) is 5.75 Å². The van der Waals surface area contributed by atoms with Crippen LogP contribution in [0.2, 0.25) is 0 Å². The molecular formula is C20H27F3IN7O. The molecule has 0 unspecified atom stereocenters. The Bertz CT molecular complexity index is 829. The molecule has 176 valence electrons. The van der Waals surface area contributed by atoms with Gasteiger partial charge in [0, 0.05) is 45.1 Å². The van der Waals surface area contributed by atoms with Crippen LogP contribution in [0.15, 0.2) is 47.7 Å². The summed E-state index contributed by atoms with van der Waals surface area (Å²) in [5.74, 6) is 0.820. The van der Waals surface area contributed by atoms with Crippen LogP contribution in [0.4, 0.5) is 19.1 Å². The molecule has 0 radical (unpaired) electrons. The van der Waals surface area contributed by atoms with Crippen molar-refractivity contribution < 1.29 is 17.9 Å². The Balaban J connectivity index is 0.00000363. The molecule has 1 aliphatic heterocycles. The number of aromatic nitrogens is 2. The molecule has 0 atom stereocenters. The van der Waals surface area contributed by atoms with E-state index < -0.39 is 6.36 Å². The summed E-state index contributed by atoms with van der Waals surface area (Å²) in [4.78, 5) is 17.4. The topological polar surface area (TPSA) is 91.9 Å². The van der Waals surface area contributed by atoms with Crippen LogP contribution in [0, 0.1) is 0 Å². The van der Waals surface area contributed by atoms with Gasteiger partial charge in [-0.2, -0.15) is 0 Å². The van der Waals surface area contributed by atoms with Crippen LogP contribution in [0.1, 0.15) is 12.0 Å². The van der Waals surface area contributed by atoms with Crippen LogP contribution in [0.25, 0.3) is 0 Å². The summed E-state index contributed by atoms with van der Waals surface area (Å²) in [6.07, 6.45) is -0.271. The lowest BCUT2D eigenvalue weighted by Gasteiger charge is -2.34. The second kappa shape index (κ2) is 12.6. The highest BCUT2D eigenvalue weighted by Gasteiger charge is 2.30. The van der Waals surface area contributed by atoms with E-state index in [1.807, 2.05) is 6.07 Å². The zero-order valence-electron chi connectivity index (χ0n) is 17.5. The normalized spacial score (nSPS) is 15.2. The van der Waals surface area contributed by atoms with Crippen LogP contribution >= 0.6 is 24.0 Å². The van der Waals surface area contributed by atoms with E-state index in [2.05, 4.69) is 34.8 Å². The number of nitrogens with zero attached hydrogens (tertiary/aromatic N) is 5. The molecule has 3 N–H and O–H groups in total. The van der Waals surface area contributed by atoms with Crippen LogP contribution < -0.4 is 20.7 Å². The Hall–Kier alpha value is -2.35. The van der Waals surface area contributed by atoms with Gasteiger partial charge in [0.25, 0.3) is 0 Å². The maximum absolute atomic E-state index is 12.2. The van der Waals surface area contributed by atoms with Gasteiger partial charge in [-0.05, 0) is 36.7 Å². The first kappa shape index (κ1) is 25.9. The monoisotopic (exact) mass is 565 g/mol. The first-order chi connectivity index (χ1) is 14.9. The highest BCUT2D eigenvalue weighted by molar-refractivity contribution is 14.0. The Kier molecular flexibility index (Phi) is 10.2. The summed E-state index contributed by atoms with van der Waals surface area (Å²) < 4.78 is 40.4. The molecule has 2 heterocycles. The fourth-order valence-electron chi connectivity index (χ4n) is 3.17. The lowest BCUT2D eigenvalue weighted by atomic mass is 10.2. The SMILES string of the molecule is I.NC(=NCc1ccc(OC(F)(F)F)cc1)NCCCN1CCN(c2ncccn2)CC1. The molecular weight excluding hydrogens is 538 g/mol. The predicted octanol–water partition coefficient (Wildman–Crippen LogP) is 2.61. The minimum Gasteiger partial charge on any atom is -0.406 e. The Morgan fingerprint density at radius 2 is 1.75 bits per heavy atom. The summed E-state index contributed by atoms with van der Waals surface area (Å²) >= 11 is 0. The first-order valence-corrected chi connectivity index (χ1v) is 10.0. The highest BCUT2D eigenvalue weighted by atomic mass is 127. The third kappa shape index (κ3) is 9.02. The van der Waals surface area contributed by atoms with Gasteiger partial charge in [0.15, 0.2) is 5.96 Å². The summed E-state index contributed by atoms with van der Waals surface area (Å²) in [5.41, 5.74) is 6.60. The maximum atomic E-state index is 12.2. The zero-order valence-corrected chi connectivity index (χ0v) is 19.8. The molecule has 1 aromatic carbocycles. The second-order valence-corrected chi connectivity index (χ2v) is 7.05. The summed E-state index contributed by atoms with van der Waals surface area (Å²) in [5, 5.41) is 3.07. The number of nitrogens with one attached hydrogen (secondary N) is 1. The number of rotatable bonds is 8. The number of hydrogen-bond donors (Lipinski definition) is 2. The molecule has 0 spiro atoms. The number of anilines is 1. The van der Waals surface area contributed by atoms with E-state index in [1.165, 1.54) is 24.3 Å². The third-order valence-corrected chi connectivity index (χ3v) is 4.75. The van der Waals surface area contributed by atoms with Gasteiger partial charge in [-0.15, -0.1) is 37.1 Å². The lowest BCUT2D eigenvalue weighted by Crippen LogP contribution is -2.47.